The Labute approximate surface area is 163 Å². The molecule has 4 rings (SSSR count). The number of amides is 1. The van der Waals surface area contributed by atoms with Gasteiger partial charge >= 0.3 is 0 Å². The van der Waals surface area contributed by atoms with Gasteiger partial charge in [-0.05, 0) is 37.5 Å². The van der Waals surface area contributed by atoms with Crippen LogP contribution in [0.4, 0.5) is 0 Å². The molecule has 7 heteroatoms. The van der Waals surface area contributed by atoms with Crippen molar-refractivity contribution >= 4 is 5.91 Å². The number of hydrogen-bond acceptors (Lipinski definition) is 6. The van der Waals surface area contributed by atoms with Crippen molar-refractivity contribution in [3.05, 3.63) is 71.7 Å². The Kier molecular flexibility index (Phi) is 5.32. The van der Waals surface area contributed by atoms with Crippen molar-refractivity contribution in [1.82, 2.24) is 20.1 Å². The minimum absolute atomic E-state index is 0.137. The van der Waals surface area contributed by atoms with Gasteiger partial charge in [0, 0.05) is 24.7 Å². The average Bonchev–Trinajstić information content (AvgIpc) is 3.22. The van der Waals surface area contributed by atoms with Crippen LogP contribution in [-0.2, 0) is 6.42 Å². The van der Waals surface area contributed by atoms with E-state index in [0.29, 0.717) is 24.6 Å². The summed E-state index contributed by atoms with van der Waals surface area (Å²) in [7, 11) is 1.66. The second-order valence-corrected chi connectivity index (χ2v) is 6.77. The first-order chi connectivity index (χ1) is 13.8. The van der Waals surface area contributed by atoms with E-state index in [1.807, 2.05) is 24.3 Å². The molecule has 3 aromatic rings. The lowest BCUT2D eigenvalue weighted by Gasteiger charge is -2.33. The molecule has 0 radical (unpaired) electrons. The van der Waals surface area contributed by atoms with Gasteiger partial charge in [0.2, 0.25) is 5.89 Å². The Balaban J connectivity index is 1.55. The smallest absolute Gasteiger partial charge is 0.275 e. The number of likely N-dealkylation sites (tertiary alicyclic amines) is 1. The third-order valence-corrected chi connectivity index (χ3v) is 4.97. The third kappa shape index (κ3) is 3.74. The van der Waals surface area contributed by atoms with Crippen molar-refractivity contribution in [2.24, 2.45) is 0 Å². The Morgan fingerprint density at radius 3 is 2.96 bits per heavy atom. The zero-order valence-corrected chi connectivity index (χ0v) is 15.7. The number of ether oxygens (including phenoxy) is 1. The van der Waals surface area contributed by atoms with Crippen molar-refractivity contribution in [2.45, 2.75) is 31.7 Å². The van der Waals surface area contributed by atoms with Gasteiger partial charge in [0.05, 0.1) is 13.3 Å². The number of carbonyl (C=O) groups excluding carboxylic acids is 1. The molecule has 2 aromatic heterocycles. The predicted molar refractivity (Wildman–Crippen MR) is 102 cm³/mol. The standard InChI is InChI=1S/C21H22N4O3/c1-27-19-10-3-2-7-15(19)13-16-14-22-20(28-16)18-9-4-5-12-25(18)21(26)17-8-6-11-23-24-17/h2-3,6-8,10-11,14,18H,4-5,9,12-13H2,1H3/t18-/m1/s1. The molecular formula is C21H22N4O3. The summed E-state index contributed by atoms with van der Waals surface area (Å²) in [5, 5.41) is 7.77. The Morgan fingerprint density at radius 1 is 1.25 bits per heavy atom. The second-order valence-electron chi connectivity index (χ2n) is 6.77. The van der Waals surface area contributed by atoms with Crippen LogP contribution < -0.4 is 4.74 Å². The van der Waals surface area contributed by atoms with Gasteiger partial charge in [-0.1, -0.05) is 18.2 Å². The zero-order chi connectivity index (χ0) is 19.3. The van der Waals surface area contributed by atoms with Gasteiger partial charge in [0.1, 0.15) is 17.6 Å². The van der Waals surface area contributed by atoms with Crippen molar-refractivity contribution in [1.29, 1.82) is 0 Å². The fraction of sp³-hybridized carbons (Fsp3) is 0.333. The maximum absolute atomic E-state index is 12.9. The van der Waals surface area contributed by atoms with Crippen LogP contribution in [-0.4, -0.2) is 39.6 Å². The summed E-state index contributed by atoms with van der Waals surface area (Å²) in [5.74, 6) is 2.00. The van der Waals surface area contributed by atoms with Crippen molar-refractivity contribution < 1.29 is 13.9 Å². The molecule has 0 saturated carbocycles. The SMILES string of the molecule is COc1ccccc1Cc1cnc([C@H]2CCCCN2C(=O)c2cccnn2)o1. The van der Waals surface area contributed by atoms with Crippen LogP contribution in [0.5, 0.6) is 5.75 Å². The Bertz CT molecular complexity index is 942. The number of benzene rings is 1. The molecule has 0 aliphatic carbocycles. The number of carbonyl (C=O) groups is 1. The van der Waals surface area contributed by atoms with Gasteiger partial charge in [-0.15, -0.1) is 5.10 Å². The summed E-state index contributed by atoms with van der Waals surface area (Å²) in [6.45, 7) is 0.657. The molecule has 1 aromatic carbocycles. The summed E-state index contributed by atoms with van der Waals surface area (Å²) in [5.41, 5.74) is 1.37. The van der Waals surface area contributed by atoms with Gasteiger partial charge < -0.3 is 14.1 Å². The monoisotopic (exact) mass is 378 g/mol. The molecule has 0 spiro atoms. The highest BCUT2D eigenvalue weighted by molar-refractivity contribution is 5.92. The highest BCUT2D eigenvalue weighted by atomic mass is 16.5. The number of para-hydroxylation sites is 1. The molecular weight excluding hydrogens is 356 g/mol. The molecule has 28 heavy (non-hydrogen) atoms. The van der Waals surface area contributed by atoms with E-state index in [-0.39, 0.29) is 11.9 Å². The van der Waals surface area contributed by atoms with Crippen molar-refractivity contribution in [3.63, 3.8) is 0 Å². The van der Waals surface area contributed by atoms with Crippen LogP contribution in [0.15, 0.2) is 53.2 Å². The number of nitrogens with zero attached hydrogens (tertiary/aromatic N) is 4. The lowest BCUT2D eigenvalue weighted by Crippen LogP contribution is -2.39. The van der Waals surface area contributed by atoms with Crippen LogP contribution >= 0.6 is 0 Å². The van der Waals surface area contributed by atoms with Gasteiger partial charge in [0.15, 0.2) is 5.69 Å². The van der Waals surface area contributed by atoms with Crippen molar-refractivity contribution in [3.8, 4) is 5.75 Å². The van der Waals surface area contributed by atoms with E-state index < -0.39 is 0 Å². The summed E-state index contributed by atoms with van der Waals surface area (Å²) >= 11 is 0. The molecule has 0 unspecified atom stereocenters. The minimum atomic E-state index is -0.185. The highest BCUT2D eigenvalue weighted by Crippen LogP contribution is 2.32. The van der Waals surface area contributed by atoms with Crippen LogP contribution in [0.1, 0.15) is 53.0 Å². The summed E-state index contributed by atoms with van der Waals surface area (Å²) in [6.07, 6.45) is 6.68. The fourth-order valence-corrected chi connectivity index (χ4v) is 3.59. The van der Waals surface area contributed by atoms with Gasteiger partial charge in [0.25, 0.3) is 5.91 Å². The van der Waals surface area contributed by atoms with E-state index in [9.17, 15) is 4.79 Å². The average molecular weight is 378 g/mol. The highest BCUT2D eigenvalue weighted by Gasteiger charge is 2.32. The Morgan fingerprint density at radius 2 is 2.14 bits per heavy atom. The van der Waals surface area contributed by atoms with Crippen LogP contribution in [0.3, 0.4) is 0 Å². The number of piperidine rings is 1. The summed E-state index contributed by atoms with van der Waals surface area (Å²) in [4.78, 5) is 19.2. The second kappa shape index (κ2) is 8.21. The van der Waals surface area contributed by atoms with E-state index in [4.69, 9.17) is 9.15 Å². The maximum Gasteiger partial charge on any atom is 0.275 e. The molecule has 0 bridgehead atoms. The van der Waals surface area contributed by atoms with Crippen molar-refractivity contribution in [2.75, 3.05) is 13.7 Å². The van der Waals surface area contributed by atoms with Crippen LogP contribution in [0, 0.1) is 0 Å². The summed E-state index contributed by atoms with van der Waals surface area (Å²) < 4.78 is 11.5. The quantitative estimate of drug-likeness (QED) is 0.677. The number of methoxy groups -OCH3 is 1. The van der Waals surface area contributed by atoms with E-state index in [1.165, 1.54) is 0 Å². The van der Waals surface area contributed by atoms with Crippen LogP contribution in [0.25, 0.3) is 0 Å². The first-order valence-electron chi connectivity index (χ1n) is 9.41. The molecule has 1 aliphatic heterocycles. The molecule has 1 aliphatic rings. The largest absolute Gasteiger partial charge is 0.496 e. The maximum atomic E-state index is 12.9. The van der Waals surface area contributed by atoms with E-state index in [1.54, 1.807) is 36.5 Å². The topological polar surface area (TPSA) is 81.4 Å². The summed E-state index contributed by atoms with van der Waals surface area (Å²) in [6, 6.07) is 11.1. The first-order valence-corrected chi connectivity index (χ1v) is 9.41. The number of rotatable bonds is 5. The molecule has 1 amide bonds. The lowest BCUT2D eigenvalue weighted by molar-refractivity contribution is 0.0562. The predicted octanol–water partition coefficient (Wildman–Crippen LogP) is 3.43. The van der Waals surface area contributed by atoms with Gasteiger partial charge in [-0.3, -0.25) is 4.79 Å². The number of hydrogen-bond donors (Lipinski definition) is 0. The molecule has 7 nitrogen and oxygen atoms in total. The zero-order valence-electron chi connectivity index (χ0n) is 15.7. The van der Waals surface area contributed by atoms with Gasteiger partial charge in [-0.2, -0.15) is 5.10 Å². The molecule has 1 fully saturated rings. The van der Waals surface area contributed by atoms with Gasteiger partial charge in [-0.25, -0.2) is 4.98 Å². The molecule has 0 N–H and O–H groups in total. The lowest BCUT2D eigenvalue weighted by atomic mass is 10.0. The van der Waals surface area contributed by atoms with E-state index in [2.05, 4.69) is 15.2 Å². The molecule has 1 saturated heterocycles. The van der Waals surface area contributed by atoms with E-state index in [0.717, 1.165) is 36.3 Å². The molecule has 3 heterocycles. The first kappa shape index (κ1) is 18.2. The third-order valence-electron chi connectivity index (χ3n) is 4.97. The normalized spacial score (nSPS) is 16.8. The van der Waals surface area contributed by atoms with E-state index >= 15 is 0 Å². The fourth-order valence-electron chi connectivity index (χ4n) is 3.59. The molecule has 1 atom stereocenters. The minimum Gasteiger partial charge on any atom is -0.496 e. The molecule has 144 valence electrons. The number of aromatic nitrogens is 3. The number of oxazole rings is 1. The Hall–Kier alpha value is -3.22. The van der Waals surface area contributed by atoms with Crippen LogP contribution in [0.2, 0.25) is 0 Å².